The van der Waals surface area contributed by atoms with Gasteiger partial charge < -0.3 is 26.0 Å². The molecule has 4 rings (SSSR count). The fourth-order valence-electron chi connectivity index (χ4n) is 5.50. The molecule has 1 heterocycles. The molecule has 220 valence electrons. The third kappa shape index (κ3) is 7.75. The van der Waals surface area contributed by atoms with Gasteiger partial charge in [-0.05, 0) is 81.3 Å². The average molecular weight is 571 g/mol. The summed E-state index contributed by atoms with van der Waals surface area (Å²) in [6, 6.07) is 21.5. The summed E-state index contributed by atoms with van der Waals surface area (Å²) in [5.41, 5.74) is 2.89. The molecule has 3 aromatic rings. The van der Waals surface area contributed by atoms with Crippen LogP contribution >= 0.6 is 0 Å². The van der Waals surface area contributed by atoms with Crippen LogP contribution in [0.2, 0.25) is 0 Å². The minimum absolute atomic E-state index is 0.0275. The van der Waals surface area contributed by atoms with Crippen molar-refractivity contribution in [3.63, 3.8) is 0 Å². The van der Waals surface area contributed by atoms with E-state index in [-0.39, 0.29) is 35.5 Å². The Morgan fingerprint density at radius 1 is 0.929 bits per heavy atom. The highest BCUT2D eigenvalue weighted by Gasteiger charge is 2.40. The number of aryl methyl sites for hydroxylation is 1. The first-order valence-electron chi connectivity index (χ1n) is 14.0. The van der Waals surface area contributed by atoms with Crippen LogP contribution in [0.25, 0.3) is 0 Å². The monoisotopic (exact) mass is 570 g/mol. The minimum atomic E-state index is -1.12. The molecule has 3 aromatic carbocycles. The number of nitrogens with one attached hydrogen (secondary N) is 3. The number of hydrogen-bond donors (Lipinski definition) is 4. The zero-order chi connectivity index (χ0) is 30.4. The molecule has 1 aliphatic heterocycles. The summed E-state index contributed by atoms with van der Waals surface area (Å²) < 4.78 is 0. The second-order valence-corrected chi connectivity index (χ2v) is 11.8. The van der Waals surface area contributed by atoms with E-state index in [1.165, 1.54) is 18.2 Å². The molecule has 0 aliphatic carbocycles. The molecular formula is C33H38N4O5. The van der Waals surface area contributed by atoms with E-state index in [4.69, 9.17) is 0 Å². The first-order chi connectivity index (χ1) is 19.9. The number of carbonyl (C=O) groups excluding carboxylic acids is 3. The normalized spacial score (nSPS) is 19.0. The number of rotatable bonds is 7. The first kappa shape index (κ1) is 30.3. The molecule has 1 fully saturated rings. The van der Waals surface area contributed by atoms with Crippen molar-refractivity contribution < 1.29 is 24.3 Å². The Labute approximate surface area is 246 Å². The van der Waals surface area contributed by atoms with Crippen molar-refractivity contribution in [3.8, 4) is 0 Å². The molecule has 42 heavy (non-hydrogen) atoms. The Morgan fingerprint density at radius 3 is 2.29 bits per heavy atom. The number of amides is 4. The first-order valence-corrected chi connectivity index (χ1v) is 14.0. The van der Waals surface area contributed by atoms with Crippen molar-refractivity contribution in [2.45, 2.75) is 64.1 Å². The van der Waals surface area contributed by atoms with E-state index in [0.29, 0.717) is 12.8 Å². The fraction of sp³-hybridized carbons (Fsp3) is 0.333. The Hall–Kier alpha value is -4.66. The van der Waals surface area contributed by atoms with Crippen molar-refractivity contribution in [3.05, 3.63) is 101 Å². The van der Waals surface area contributed by atoms with Crippen LogP contribution in [0.15, 0.2) is 78.9 Å². The van der Waals surface area contributed by atoms with Crippen LogP contribution in [0, 0.1) is 6.92 Å². The number of anilines is 1. The number of aromatic carboxylic acids is 1. The predicted octanol–water partition coefficient (Wildman–Crippen LogP) is 5.25. The Bertz CT molecular complexity index is 1450. The highest BCUT2D eigenvalue weighted by Crippen LogP contribution is 2.40. The summed E-state index contributed by atoms with van der Waals surface area (Å²) in [6.07, 6.45) is 0.886. The topological polar surface area (TPSA) is 128 Å². The Kier molecular flexibility index (Phi) is 9.30. The molecule has 3 atom stereocenters. The molecule has 0 spiro atoms. The van der Waals surface area contributed by atoms with E-state index in [1.54, 1.807) is 11.0 Å². The molecule has 9 nitrogen and oxygen atoms in total. The van der Waals surface area contributed by atoms with Crippen molar-refractivity contribution in [2.75, 3.05) is 11.9 Å². The van der Waals surface area contributed by atoms with Gasteiger partial charge >= 0.3 is 12.0 Å². The highest BCUT2D eigenvalue weighted by molar-refractivity contribution is 5.96. The van der Waals surface area contributed by atoms with E-state index in [9.17, 15) is 24.3 Å². The van der Waals surface area contributed by atoms with Crippen molar-refractivity contribution >= 4 is 29.5 Å². The molecular weight excluding hydrogens is 532 g/mol. The van der Waals surface area contributed by atoms with Gasteiger partial charge in [0.05, 0.1) is 11.6 Å². The second-order valence-electron chi connectivity index (χ2n) is 11.8. The predicted molar refractivity (Wildman–Crippen MR) is 161 cm³/mol. The van der Waals surface area contributed by atoms with E-state index in [2.05, 4.69) is 16.0 Å². The van der Waals surface area contributed by atoms with Gasteiger partial charge in [-0.3, -0.25) is 9.59 Å². The summed E-state index contributed by atoms with van der Waals surface area (Å²) in [5, 5.41) is 17.7. The lowest BCUT2D eigenvalue weighted by atomic mass is 9.84. The number of nitrogens with zero attached hydrogens (tertiary/aromatic N) is 1. The van der Waals surface area contributed by atoms with Gasteiger partial charge in [0.1, 0.15) is 12.6 Å². The summed E-state index contributed by atoms with van der Waals surface area (Å²) in [7, 11) is 0. The SMILES string of the molecule is Cc1ccccc1C1CC(NC(=O)Nc2cccc(C(=O)O)c2)C(=O)N(CC(=O)NC(C)(C)C)C(c2ccccc2)C1. The van der Waals surface area contributed by atoms with Crippen molar-refractivity contribution in [1.82, 2.24) is 15.5 Å². The fourth-order valence-corrected chi connectivity index (χ4v) is 5.50. The number of likely N-dealkylation sites (tertiary alicyclic amines) is 1. The molecule has 4 N–H and O–H groups in total. The van der Waals surface area contributed by atoms with Gasteiger partial charge in [0.15, 0.2) is 0 Å². The number of hydrogen-bond acceptors (Lipinski definition) is 4. The summed E-state index contributed by atoms with van der Waals surface area (Å²) in [5.74, 6) is -1.87. The largest absolute Gasteiger partial charge is 0.478 e. The number of carboxylic acid groups (broad SMARTS) is 1. The van der Waals surface area contributed by atoms with Crippen LogP contribution in [-0.2, 0) is 9.59 Å². The van der Waals surface area contributed by atoms with Crippen LogP contribution in [-0.4, -0.2) is 51.9 Å². The highest BCUT2D eigenvalue weighted by atomic mass is 16.4. The van der Waals surface area contributed by atoms with Gasteiger partial charge in [0, 0.05) is 11.2 Å². The van der Waals surface area contributed by atoms with Gasteiger partial charge in [0.25, 0.3) is 0 Å². The smallest absolute Gasteiger partial charge is 0.335 e. The van der Waals surface area contributed by atoms with Gasteiger partial charge in [-0.25, -0.2) is 9.59 Å². The molecule has 1 saturated heterocycles. The molecule has 4 amide bonds. The lowest BCUT2D eigenvalue weighted by Crippen LogP contribution is -2.53. The van der Waals surface area contributed by atoms with Crippen LogP contribution in [0.1, 0.15) is 72.6 Å². The summed E-state index contributed by atoms with van der Waals surface area (Å²) in [6.45, 7) is 7.50. The Balaban J connectivity index is 1.70. The van der Waals surface area contributed by atoms with Crippen LogP contribution < -0.4 is 16.0 Å². The van der Waals surface area contributed by atoms with Crippen LogP contribution in [0.4, 0.5) is 10.5 Å². The Morgan fingerprint density at radius 2 is 1.62 bits per heavy atom. The van der Waals surface area contributed by atoms with Crippen LogP contribution in [0.5, 0.6) is 0 Å². The average Bonchev–Trinajstić information content (AvgIpc) is 3.05. The third-order valence-electron chi connectivity index (χ3n) is 7.30. The molecule has 3 unspecified atom stereocenters. The minimum Gasteiger partial charge on any atom is -0.478 e. The lowest BCUT2D eigenvalue weighted by molar-refractivity contribution is -0.139. The summed E-state index contributed by atoms with van der Waals surface area (Å²) >= 11 is 0. The molecule has 0 radical (unpaired) electrons. The molecule has 0 saturated carbocycles. The maximum absolute atomic E-state index is 14.2. The van der Waals surface area contributed by atoms with E-state index >= 15 is 0 Å². The lowest BCUT2D eigenvalue weighted by Gasteiger charge is -2.33. The van der Waals surface area contributed by atoms with Gasteiger partial charge in [-0.15, -0.1) is 0 Å². The van der Waals surface area contributed by atoms with E-state index in [1.807, 2.05) is 82.3 Å². The quantitative estimate of drug-likeness (QED) is 0.309. The van der Waals surface area contributed by atoms with Gasteiger partial charge in [-0.2, -0.15) is 0 Å². The number of urea groups is 1. The maximum Gasteiger partial charge on any atom is 0.335 e. The molecule has 0 bridgehead atoms. The number of benzene rings is 3. The standard InChI is InChI=1S/C33H38N4O5/c1-21-11-8-9-16-26(21)24-18-27(35-32(42)34-25-15-10-14-23(17-25)31(40)41)30(39)37(20-29(38)36-33(2,3)4)28(19-24)22-12-6-5-7-13-22/h5-17,24,27-28H,18-20H2,1-4H3,(H,36,38)(H,40,41)(H2,34,35,42). The zero-order valence-corrected chi connectivity index (χ0v) is 24.4. The van der Waals surface area contributed by atoms with Crippen LogP contribution in [0.3, 0.4) is 0 Å². The van der Waals surface area contributed by atoms with Crippen molar-refractivity contribution in [1.29, 1.82) is 0 Å². The number of carbonyl (C=O) groups is 4. The van der Waals surface area contributed by atoms with Crippen molar-refractivity contribution in [2.24, 2.45) is 0 Å². The maximum atomic E-state index is 14.2. The van der Waals surface area contributed by atoms with E-state index in [0.717, 1.165) is 16.7 Å². The zero-order valence-electron chi connectivity index (χ0n) is 24.4. The summed E-state index contributed by atoms with van der Waals surface area (Å²) in [4.78, 5) is 53.6. The van der Waals surface area contributed by atoms with Gasteiger partial charge in [0.2, 0.25) is 11.8 Å². The number of carboxylic acids is 1. The molecule has 1 aliphatic rings. The third-order valence-corrected chi connectivity index (χ3v) is 7.30. The molecule has 9 heteroatoms. The molecule has 0 aromatic heterocycles. The van der Waals surface area contributed by atoms with E-state index < -0.39 is 29.6 Å². The van der Waals surface area contributed by atoms with Gasteiger partial charge in [-0.1, -0.05) is 60.7 Å². The second kappa shape index (κ2) is 12.9.